The predicted molar refractivity (Wildman–Crippen MR) is 77.9 cm³/mol. The maximum atomic E-state index is 11.8. The molecule has 1 aliphatic rings. The van der Waals surface area contributed by atoms with Gasteiger partial charge >= 0.3 is 6.03 Å². The summed E-state index contributed by atoms with van der Waals surface area (Å²) in [5, 5.41) is 5.81. The first-order valence-corrected chi connectivity index (χ1v) is 6.95. The minimum atomic E-state index is -0.131. The molecule has 4 N–H and O–H groups in total. The molecule has 0 atom stereocenters. The molecule has 0 bridgehead atoms. The molecule has 0 heterocycles. The van der Waals surface area contributed by atoms with Gasteiger partial charge in [-0.2, -0.15) is 0 Å². The number of urea groups is 1. The van der Waals surface area contributed by atoms with Crippen molar-refractivity contribution in [3.05, 3.63) is 29.8 Å². The zero-order valence-electron chi connectivity index (χ0n) is 11.5. The van der Waals surface area contributed by atoms with Crippen LogP contribution in [0.25, 0.3) is 0 Å². The van der Waals surface area contributed by atoms with Crippen LogP contribution >= 0.6 is 0 Å². The number of hydrogen-bond donors (Lipinski definition) is 3. The van der Waals surface area contributed by atoms with Gasteiger partial charge in [0.15, 0.2) is 0 Å². The van der Waals surface area contributed by atoms with Crippen LogP contribution in [-0.4, -0.2) is 12.6 Å². The molecule has 2 rings (SSSR count). The number of nitrogens with one attached hydrogen (secondary N) is 2. The van der Waals surface area contributed by atoms with Crippen molar-refractivity contribution in [2.75, 3.05) is 11.9 Å². The Morgan fingerprint density at radius 2 is 1.89 bits per heavy atom. The van der Waals surface area contributed by atoms with Gasteiger partial charge in [0.25, 0.3) is 0 Å². The third-order valence-corrected chi connectivity index (χ3v) is 3.93. The van der Waals surface area contributed by atoms with Gasteiger partial charge in [0.1, 0.15) is 0 Å². The first-order chi connectivity index (χ1) is 9.11. The van der Waals surface area contributed by atoms with Gasteiger partial charge < -0.3 is 16.4 Å². The molecule has 0 unspecified atom stereocenters. The molecule has 0 radical (unpaired) electrons. The Bertz CT molecular complexity index is 422. The second-order valence-electron chi connectivity index (χ2n) is 5.73. The van der Waals surface area contributed by atoms with Crippen LogP contribution in [0.4, 0.5) is 10.5 Å². The first kappa shape index (κ1) is 13.9. The summed E-state index contributed by atoms with van der Waals surface area (Å²) in [6.07, 6.45) is 4.97. The summed E-state index contributed by atoms with van der Waals surface area (Å²) >= 11 is 0. The zero-order valence-corrected chi connectivity index (χ0v) is 11.5. The maximum Gasteiger partial charge on any atom is 0.319 e. The van der Waals surface area contributed by atoms with Crippen LogP contribution < -0.4 is 16.4 Å². The predicted octanol–water partition coefficient (Wildman–Crippen LogP) is 2.85. The Morgan fingerprint density at radius 1 is 1.26 bits per heavy atom. The van der Waals surface area contributed by atoms with Crippen LogP contribution in [0.15, 0.2) is 24.3 Å². The molecule has 0 aliphatic heterocycles. The fraction of sp³-hybridized carbons (Fsp3) is 0.533. The van der Waals surface area contributed by atoms with E-state index < -0.39 is 0 Å². The van der Waals surface area contributed by atoms with E-state index in [1.54, 1.807) is 0 Å². The molecule has 1 aliphatic carbocycles. The van der Waals surface area contributed by atoms with Gasteiger partial charge in [0, 0.05) is 18.8 Å². The van der Waals surface area contributed by atoms with Crippen molar-refractivity contribution >= 4 is 11.7 Å². The molecule has 2 amide bonds. The number of amides is 2. The molecule has 19 heavy (non-hydrogen) atoms. The smallest absolute Gasteiger partial charge is 0.319 e. The second kappa shape index (κ2) is 6.06. The highest BCUT2D eigenvalue weighted by molar-refractivity contribution is 5.89. The average Bonchev–Trinajstić information content (AvgIpc) is 2.85. The highest BCUT2D eigenvalue weighted by Gasteiger charge is 2.28. The van der Waals surface area contributed by atoms with E-state index in [4.69, 9.17) is 5.73 Å². The summed E-state index contributed by atoms with van der Waals surface area (Å²) in [7, 11) is 0. The topological polar surface area (TPSA) is 67.2 Å². The molecular weight excluding hydrogens is 238 g/mol. The highest BCUT2D eigenvalue weighted by atomic mass is 16.2. The SMILES string of the molecule is CC1(CNC(=O)Nc2ccc(CN)cc2)CCCC1. The van der Waals surface area contributed by atoms with Crippen LogP contribution in [-0.2, 0) is 6.54 Å². The monoisotopic (exact) mass is 261 g/mol. The van der Waals surface area contributed by atoms with Gasteiger partial charge in [0.2, 0.25) is 0 Å². The molecule has 4 nitrogen and oxygen atoms in total. The fourth-order valence-corrected chi connectivity index (χ4v) is 2.60. The second-order valence-corrected chi connectivity index (χ2v) is 5.73. The lowest BCUT2D eigenvalue weighted by molar-refractivity contribution is 0.242. The summed E-state index contributed by atoms with van der Waals surface area (Å²) < 4.78 is 0. The molecule has 4 heteroatoms. The van der Waals surface area contributed by atoms with Gasteiger partial charge in [-0.15, -0.1) is 0 Å². The number of nitrogens with two attached hydrogens (primary N) is 1. The molecule has 1 aromatic rings. The Balaban J connectivity index is 1.80. The van der Waals surface area contributed by atoms with Crippen molar-refractivity contribution in [1.29, 1.82) is 0 Å². The number of benzene rings is 1. The average molecular weight is 261 g/mol. The van der Waals surface area contributed by atoms with E-state index in [1.165, 1.54) is 25.7 Å². The van der Waals surface area contributed by atoms with E-state index in [1.807, 2.05) is 24.3 Å². The third kappa shape index (κ3) is 3.96. The zero-order chi connectivity index (χ0) is 13.7. The quantitative estimate of drug-likeness (QED) is 0.780. The highest BCUT2D eigenvalue weighted by Crippen LogP contribution is 2.36. The molecule has 1 fully saturated rings. The summed E-state index contributed by atoms with van der Waals surface area (Å²) in [6, 6.07) is 7.47. The number of rotatable bonds is 4. The van der Waals surface area contributed by atoms with Gasteiger partial charge in [-0.05, 0) is 36.0 Å². The lowest BCUT2D eigenvalue weighted by atomic mass is 9.89. The van der Waals surface area contributed by atoms with E-state index in [0.717, 1.165) is 17.8 Å². The van der Waals surface area contributed by atoms with Gasteiger partial charge in [-0.3, -0.25) is 0 Å². The standard InChI is InChI=1S/C15H23N3O/c1-15(8-2-3-9-15)11-17-14(19)18-13-6-4-12(10-16)5-7-13/h4-7H,2-3,8-11,16H2,1H3,(H2,17,18,19). The molecular formula is C15H23N3O. The fourth-order valence-electron chi connectivity index (χ4n) is 2.60. The summed E-state index contributed by atoms with van der Waals surface area (Å²) in [5.41, 5.74) is 7.67. The maximum absolute atomic E-state index is 11.8. The summed E-state index contributed by atoms with van der Waals surface area (Å²) in [4.78, 5) is 11.8. The van der Waals surface area contributed by atoms with Gasteiger partial charge in [0.05, 0.1) is 0 Å². The van der Waals surface area contributed by atoms with Crippen LogP contribution in [0.5, 0.6) is 0 Å². The van der Waals surface area contributed by atoms with E-state index in [-0.39, 0.29) is 11.4 Å². The van der Waals surface area contributed by atoms with Crippen LogP contribution in [0, 0.1) is 5.41 Å². The van der Waals surface area contributed by atoms with E-state index in [2.05, 4.69) is 17.6 Å². The molecule has 0 aromatic heterocycles. The van der Waals surface area contributed by atoms with Crippen molar-refractivity contribution in [2.45, 2.75) is 39.2 Å². The van der Waals surface area contributed by atoms with Crippen LogP contribution in [0.1, 0.15) is 38.2 Å². The lowest BCUT2D eigenvalue weighted by Gasteiger charge is -2.23. The van der Waals surface area contributed by atoms with Gasteiger partial charge in [-0.1, -0.05) is 31.9 Å². The summed E-state index contributed by atoms with van der Waals surface area (Å²) in [6.45, 7) is 3.51. The van der Waals surface area contributed by atoms with Crippen molar-refractivity contribution < 1.29 is 4.79 Å². The normalized spacial score (nSPS) is 17.2. The Morgan fingerprint density at radius 3 is 2.47 bits per heavy atom. The van der Waals surface area contributed by atoms with Crippen molar-refractivity contribution in [1.82, 2.24) is 5.32 Å². The number of carbonyl (C=O) groups is 1. The van der Waals surface area contributed by atoms with Crippen molar-refractivity contribution in [3.8, 4) is 0 Å². The lowest BCUT2D eigenvalue weighted by Crippen LogP contribution is -2.36. The summed E-state index contributed by atoms with van der Waals surface area (Å²) in [5.74, 6) is 0. The Labute approximate surface area is 114 Å². The van der Waals surface area contributed by atoms with Crippen LogP contribution in [0.2, 0.25) is 0 Å². The number of anilines is 1. The molecule has 0 spiro atoms. The third-order valence-electron chi connectivity index (χ3n) is 3.93. The Hall–Kier alpha value is -1.55. The molecule has 104 valence electrons. The minimum Gasteiger partial charge on any atom is -0.337 e. The van der Waals surface area contributed by atoms with E-state index in [9.17, 15) is 4.79 Å². The van der Waals surface area contributed by atoms with Gasteiger partial charge in [-0.25, -0.2) is 4.79 Å². The first-order valence-electron chi connectivity index (χ1n) is 6.95. The Kier molecular flexibility index (Phi) is 4.43. The molecule has 0 saturated heterocycles. The number of hydrogen-bond acceptors (Lipinski definition) is 2. The van der Waals surface area contributed by atoms with E-state index in [0.29, 0.717) is 6.54 Å². The number of carbonyl (C=O) groups excluding carboxylic acids is 1. The minimum absolute atomic E-state index is 0.131. The largest absolute Gasteiger partial charge is 0.337 e. The molecule has 1 saturated carbocycles. The van der Waals surface area contributed by atoms with Crippen molar-refractivity contribution in [3.63, 3.8) is 0 Å². The van der Waals surface area contributed by atoms with Crippen molar-refractivity contribution in [2.24, 2.45) is 11.1 Å². The molecule has 1 aromatic carbocycles. The van der Waals surface area contributed by atoms with Crippen LogP contribution in [0.3, 0.4) is 0 Å². The van der Waals surface area contributed by atoms with E-state index >= 15 is 0 Å².